The molecule has 1 heterocycles. The van der Waals surface area contributed by atoms with Gasteiger partial charge in [-0.1, -0.05) is 39.0 Å². The highest BCUT2D eigenvalue weighted by Crippen LogP contribution is 2.32. The van der Waals surface area contributed by atoms with E-state index in [2.05, 4.69) is 37.0 Å². The molecule has 0 atom stereocenters. The molecule has 1 aromatic heterocycles. The van der Waals surface area contributed by atoms with Crippen LogP contribution in [0.25, 0.3) is 11.5 Å². The lowest BCUT2D eigenvalue weighted by atomic mass is 9.84. The van der Waals surface area contributed by atoms with Gasteiger partial charge in [0.25, 0.3) is 0 Å². The summed E-state index contributed by atoms with van der Waals surface area (Å²) >= 11 is 5.67. The summed E-state index contributed by atoms with van der Waals surface area (Å²) < 4.78 is 5.73. The van der Waals surface area contributed by atoms with Gasteiger partial charge in [0.2, 0.25) is 11.8 Å². The molecule has 0 radical (unpaired) electrons. The minimum atomic E-state index is 0.0430. The van der Waals surface area contributed by atoms with E-state index < -0.39 is 0 Å². The fourth-order valence-electron chi connectivity index (χ4n) is 2.01. The molecule has 0 aliphatic carbocycles. The highest BCUT2D eigenvalue weighted by molar-refractivity contribution is 6.17. The first kappa shape index (κ1) is 14.1. The summed E-state index contributed by atoms with van der Waals surface area (Å²) in [5, 5.41) is 8.23. The second-order valence-corrected chi connectivity index (χ2v) is 5.97. The van der Waals surface area contributed by atoms with Crippen LogP contribution in [0, 0.1) is 0 Å². The lowest BCUT2D eigenvalue weighted by molar-refractivity contribution is 0.499. The number of hydrogen-bond acceptors (Lipinski definition) is 3. The van der Waals surface area contributed by atoms with E-state index in [-0.39, 0.29) is 5.41 Å². The number of nitrogens with zero attached hydrogens (tertiary/aromatic N) is 2. The molecule has 1 aromatic carbocycles. The third-order valence-corrected chi connectivity index (χ3v) is 3.22. The molecule has 0 aliphatic rings. The molecule has 0 bridgehead atoms. The van der Waals surface area contributed by atoms with Gasteiger partial charge < -0.3 is 4.42 Å². The van der Waals surface area contributed by atoms with Crippen LogP contribution in [0.15, 0.2) is 28.7 Å². The Bertz CT molecular complexity index is 543. The Labute approximate surface area is 119 Å². The van der Waals surface area contributed by atoms with Crippen molar-refractivity contribution in [3.63, 3.8) is 0 Å². The van der Waals surface area contributed by atoms with Crippen LogP contribution in [0.5, 0.6) is 0 Å². The first-order valence-electron chi connectivity index (χ1n) is 6.50. The normalized spacial score (nSPS) is 11.8. The van der Waals surface area contributed by atoms with Crippen molar-refractivity contribution in [2.75, 3.05) is 5.88 Å². The summed E-state index contributed by atoms with van der Waals surface area (Å²) in [5.74, 6) is 1.85. The van der Waals surface area contributed by atoms with Gasteiger partial charge in [0.15, 0.2) is 0 Å². The highest BCUT2D eigenvalue weighted by Gasteiger charge is 2.21. The minimum absolute atomic E-state index is 0.0430. The van der Waals surface area contributed by atoms with E-state index in [0.717, 1.165) is 18.4 Å². The SMILES string of the molecule is CC(C)(C)c1ccccc1-c1nnc(CCCCl)o1. The van der Waals surface area contributed by atoms with Gasteiger partial charge in [-0.05, 0) is 23.5 Å². The number of rotatable bonds is 4. The zero-order chi connectivity index (χ0) is 13.9. The molecule has 4 heteroatoms. The van der Waals surface area contributed by atoms with Crippen molar-refractivity contribution >= 4 is 11.6 Å². The van der Waals surface area contributed by atoms with Crippen LogP contribution in [0.3, 0.4) is 0 Å². The lowest BCUT2D eigenvalue weighted by Crippen LogP contribution is -2.12. The zero-order valence-electron chi connectivity index (χ0n) is 11.6. The van der Waals surface area contributed by atoms with Gasteiger partial charge in [-0.15, -0.1) is 21.8 Å². The molecule has 3 nitrogen and oxygen atoms in total. The van der Waals surface area contributed by atoms with Gasteiger partial charge in [-0.2, -0.15) is 0 Å². The van der Waals surface area contributed by atoms with Crippen molar-refractivity contribution in [3.05, 3.63) is 35.7 Å². The summed E-state index contributed by atoms with van der Waals surface area (Å²) in [6.07, 6.45) is 1.58. The highest BCUT2D eigenvalue weighted by atomic mass is 35.5. The van der Waals surface area contributed by atoms with Crippen molar-refractivity contribution in [1.82, 2.24) is 10.2 Å². The van der Waals surface area contributed by atoms with Crippen LogP contribution >= 0.6 is 11.6 Å². The molecule has 0 unspecified atom stereocenters. The Morgan fingerprint density at radius 3 is 2.58 bits per heavy atom. The minimum Gasteiger partial charge on any atom is -0.421 e. The van der Waals surface area contributed by atoms with Crippen molar-refractivity contribution < 1.29 is 4.42 Å². The summed E-state index contributed by atoms with van der Waals surface area (Å²) in [6, 6.07) is 8.17. The predicted octanol–water partition coefficient (Wildman–Crippen LogP) is 4.21. The largest absolute Gasteiger partial charge is 0.421 e. The lowest BCUT2D eigenvalue weighted by Gasteiger charge is -2.21. The third-order valence-electron chi connectivity index (χ3n) is 2.96. The van der Waals surface area contributed by atoms with Gasteiger partial charge in [0.05, 0.1) is 0 Å². The topological polar surface area (TPSA) is 38.9 Å². The second kappa shape index (κ2) is 5.74. The summed E-state index contributed by atoms with van der Waals surface area (Å²) in [7, 11) is 0. The Morgan fingerprint density at radius 1 is 1.16 bits per heavy atom. The molecule has 2 rings (SSSR count). The van der Waals surface area contributed by atoms with Crippen LogP contribution in [0.1, 0.15) is 38.6 Å². The van der Waals surface area contributed by atoms with Gasteiger partial charge in [0.1, 0.15) is 0 Å². The molecule has 0 aliphatic heterocycles. The Kier molecular flexibility index (Phi) is 4.25. The standard InChI is InChI=1S/C15H19ClN2O/c1-15(2,3)12-8-5-4-7-11(12)14-18-17-13(19-14)9-6-10-16/h4-5,7-8H,6,9-10H2,1-3H3. The van der Waals surface area contributed by atoms with E-state index >= 15 is 0 Å². The summed E-state index contributed by atoms with van der Waals surface area (Å²) in [4.78, 5) is 0. The molecule has 0 saturated heterocycles. The molecular weight excluding hydrogens is 260 g/mol. The van der Waals surface area contributed by atoms with E-state index in [9.17, 15) is 0 Å². The Morgan fingerprint density at radius 2 is 1.89 bits per heavy atom. The summed E-state index contributed by atoms with van der Waals surface area (Å²) in [5.41, 5.74) is 2.27. The Hall–Kier alpha value is -1.35. The quantitative estimate of drug-likeness (QED) is 0.787. The zero-order valence-corrected chi connectivity index (χ0v) is 12.4. The fraction of sp³-hybridized carbons (Fsp3) is 0.467. The molecule has 0 N–H and O–H groups in total. The molecule has 0 fully saturated rings. The number of aryl methyl sites for hydroxylation is 1. The molecule has 0 spiro atoms. The van der Waals surface area contributed by atoms with Crippen LogP contribution in [0.4, 0.5) is 0 Å². The average molecular weight is 279 g/mol. The number of aromatic nitrogens is 2. The Balaban J connectivity index is 2.34. The summed E-state index contributed by atoms with van der Waals surface area (Å²) in [6.45, 7) is 6.53. The van der Waals surface area contributed by atoms with E-state index in [1.54, 1.807) is 0 Å². The maximum atomic E-state index is 5.73. The molecule has 0 saturated carbocycles. The van der Waals surface area contributed by atoms with Gasteiger partial charge in [0, 0.05) is 17.9 Å². The van der Waals surface area contributed by atoms with E-state index in [4.69, 9.17) is 16.0 Å². The van der Waals surface area contributed by atoms with E-state index in [1.165, 1.54) is 5.56 Å². The molecule has 2 aromatic rings. The molecule has 102 valence electrons. The van der Waals surface area contributed by atoms with Crippen molar-refractivity contribution in [2.45, 2.75) is 39.0 Å². The molecular formula is C15H19ClN2O. The van der Waals surface area contributed by atoms with Crippen molar-refractivity contribution in [2.24, 2.45) is 0 Å². The van der Waals surface area contributed by atoms with Crippen molar-refractivity contribution in [1.29, 1.82) is 0 Å². The average Bonchev–Trinajstić information content (AvgIpc) is 2.84. The maximum absolute atomic E-state index is 5.73. The number of halogens is 1. The first-order chi connectivity index (χ1) is 9.02. The number of hydrogen-bond donors (Lipinski definition) is 0. The maximum Gasteiger partial charge on any atom is 0.248 e. The van der Waals surface area contributed by atoms with E-state index in [1.807, 2.05) is 18.2 Å². The monoisotopic (exact) mass is 278 g/mol. The second-order valence-electron chi connectivity index (χ2n) is 5.59. The molecule has 19 heavy (non-hydrogen) atoms. The first-order valence-corrected chi connectivity index (χ1v) is 7.04. The van der Waals surface area contributed by atoms with Gasteiger partial charge >= 0.3 is 0 Å². The van der Waals surface area contributed by atoms with Crippen LogP contribution in [-0.4, -0.2) is 16.1 Å². The van der Waals surface area contributed by atoms with Gasteiger partial charge in [-0.3, -0.25) is 0 Å². The van der Waals surface area contributed by atoms with Crippen LogP contribution in [-0.2, 0) is 11.8 Å². The number of alkyl halides is 1. The number of benzene rings is 1. The fourth-order valence-corrected chi connectivity index (χ4v) is 2.14. The third kappa shape index (κ3) is 3.35. The smallest absolute Gasteiger partial charge is 0.248 e. The predicted molar refractivity (Wildman–Crippen MR) is 77.5 cm³/mol. The van der Waals surface area contributed by atoms with E-state index in [0.29, 0.717) is 17.7 Å². The van der Waals surface area contributed by atoms with Crippen molar-refractivity contribution in [3.8, 4) is 11.5 Å². The van der Waals surface area contributed by atoms with Crippen LogP contribution in [0.2, 0.25) is 0 Å². The van der Waals surface area contributed by atoms with Crippen LogP contribution < -0.4 is 0 Å². The van der Waals surface area contributed by atoms with Gasteiger partial charge in [-0.25, -0.2) is 0 Å². The molecule has 0 amide bonds.